The number of carbonyl (C=O) groups is 1. The third kappa shape index (κ3) is 2.43. The summed E-state index contributed by atoms with van der Waals surface area (Å²) in [4.78, 5) is 11.3. The molecule has 1 atom stereocenters. The van der Waals surface area contributed by atoms with Crippen LogP contribution in [0.1, 0.15) is 26.3 Å². The monoisotopic (exact) mass is 310 g/mol. The van der Waals surface area contributed by atoms with Crippen LogP contribution in [0.3, 0.4) is 0 Å². The number of hydrogen-bond donors (Lipinski definition) is 1. The molecule has 1 unspecified atom stereocenters. The van der Waals surface area contributed by atoms with Crippen molar-refractivity contribution in [3.05, 3.63) is 33.8 Å². The highest BCUT2D eigenvalue weighted by Crippen LogP contribution is 2.38. The third-order valence-electron chi connectivity index (χ3n) is 2.84. The van der Waals surface area contributed by atoms with Crippen LogP contribution in [-0.4, -0.2) is 17.2 Å². The SMILES string of the molecule is CC(C)(C)C1Oc2ccc(Br)cc2C=C1C(=O)O. The van der Waals surface area contributed by atoms with E-state index in [1.54, 1.807) is 6.08 Å². The first kappa shape index (κ1) is 13.1. The van der Waals surface area contributed by atoms with Crippen LogP contribution in [0, 0.1) is 5.41 Å². The second kappa shape index (κ2) is 4.43. The van der Waals surface area contributed by atoms with Gasteiger partial charge in [0.25, 0.3) is 0 Å². The average Bonchev–Trinajstić information content (AvgIpc) is 2.25. The first-order valence-electron chi connectivity index (χ1n) is 5.70. The molecule has 0 bridgehead atoms. The third-order valence-corrected chi connectivity index (χ3v) is 3.34. The molecule has 1 aromatic rings. The Labute approximate surface area is 115 Å². The molecule has 1 heterocycles. The smallest absolute Gasteiger partial charge is 0.335 e. The van der Waals surface area contributed by atoms with Gasteiger partial charge in [-0.1, -0.05) is 36.7 Å². The average molecular weight is 311 g/mol. The lowest BCUT2D eigenvalue weighted by Crippen LogP contribution is -2.38. The second-order valence-electron chi connectivity index (χ2n) is 5.45. The zero-order valence-electron chi connectivity index (χ0n) is 10.5. The van der Waals surface area contributed by atoms with Crippen LogP contribution >= 0.6 is 15.9 Å². The van der Waals surface area contributed by atoms with Crippen LogP contribution in [0.5, 0.6) is 5.75 Å². The van der Waals surface area contributed by atoms with Gasteiger partial charge in [-0.25, -0.2) is 4.79 Å². The van der Waals surface area contributed by atoms with Crippen LogP contribution in [-0.2, 0) is 4.79 Å². The fourth-order valence-corrected chi connectivity index (χ4v) is 2.37. The number of carboxylic acid groups (broad SMARTS) is 1. The van der Waals surface area contributed by atoms with Crippen LogP contribution in [0.4, 0.5) is 0 Å². The molecule has 0 fully saturated rings. The van der Waals surface area contributed by atoms with E-state index < -0.39 is 12.1 Å². The Morgan fingerprint density at radius 3 is 2.61 bits per heavy atom. The van der Waals surface area contributed by atoms with Crippen LogP contribution in [0.25, 0.3) is 6.08 Å². The van der Waals surface area contributed by atoms with Gasteiger partial charge < -0.3 is 9.84 Å². The Hall–Kier alpha value is -1.29. The van der Waals surface area contributed by atoms with E-state index >= 15 is 0 Å². The lowest BCUT2D eigenvalue weighted by molar-refractivity contribution is -0.134. The summed E-state index contributed by atoms with van der Waals surface area (Å²) in [5.41, 5.74) is 0.824. The van der Waals surface area contributed by atoms with Crippen molar-refractivity contribution in [1.82, 2.24) is 0 Å². The molecule has 3 nitrogen and oxygen atoms in total. The summed E-state index contributed by atoms with van der Waals surface area (Å²) >= 11 is 3.37. The molecule has 96 valence electrons. The molecule has 0 aliphatic carbocycles. The van der Waals surface area contributed by atoms with E-state index in [2.05, 4.69) is 15.9 Å². The lowest BCUT2D eigenvalue weighted by atomic mass is 9.82. The van der Waals surface area contributed by atoms with Gasteiger partial charge in [0, 0.05) is 15.5 Å². The van der Waals surface area contributed by atoms with Crippen molar-refractivity contribution >= 4 is 28.0 Å². The topological polar surface area (TPSA) is 46.5 Å². The van der Waals surface area contributed by atoms with Crippen molar-refractivity contribution in [2.75, 3.05) is 0 Å². The first-order valence-corrected chi connectivity index (χ1v) is 6.49. The maximum atomic E-state index is 11.3. The predicted molar refractivity (Wildman–Crippen MR) is 73.6 cm³/mol. The van der Waals surface area contributed by atoms with Crippen LogP contribution < -0.4 is 4.74 Å². The van der Waals surface area contributed by atoms with Crippen molar-refractivity contribution in [3.8, 4) is 5.75 Å². The normalized spacial score (nSPS) is 18.7. The molecule has 0 spiro atoms. The molecular formula is C14H15BrO3. The summed E-state index contributed by atoms with van der Waals surface area (Å²) in [6.07, 6.45) is 1.26. The van der Waals surface area contributed by atoms with Crippen molar-refractivity contribution in [2.24, 2.45) is 5.41 Å². The maximum absolute atomic E-state index is 11.3. The van der Waals surface area contributed by atoms with Gasteiger partial charge in [0.15, 0.2) is 0 Å². The van der Waals surface area contributed by atoms with Gasteiger partial charge in [0.1, 0.15) is 11.9 Å². The van der Waals surface area contributed by atoms with Gasteiger partial charge in [-0.05, 0) is 24.3 Å². The molecule has 1 aromatic carbocycles. The van der Waals surface area contributed by atoms with E-state index in [0.29, 0.717) is 5.57 Å². The van der Waals surface area contributed by atoms with Gasteiger partial charge in [-0.15, -0.1) is 0 Å². The maximum Gasteiger partial charge on any atom is 0.335 e. The molecule has 0 radical (unpaired) electrons. The molecule has 2 rings (SSSR count). The molecule has 0 amide bonds. The summed E-state index contributed by atoms with van der Waals surface area (Å²) in [6.45, 7) is 5.91. The molecule has 0 saturated heterocycles. The minimum Gasteiger partial charge on any atom is -0.484 e. The van der Waals surface area contributed by atoms with E-state index in [0.717, 1.165) is 15.8 Å². The summed E-state index contributed by atoms with van der Waals surface area (Å²) in [5, 5.41) is 9.31. The fraction of sp³-hybridized carbons (Fsp3) is 0.357. The summed E-state index contributed by atoms with van der Waals surface area (Å²) in [6, 6.07) is 5.60. The standard InChI is InChI=1S/C14H15BrO3/c1-14(2,3)12-10(13(16)17)7-8-6-9(15)4-5-11(8)18-12/h4-7,12H,1-3H3,(H,16,17). The quantitative estimate of drug-likeness (QED) is 0.860. The zero-order chi connectivity index (χ0) is 13.5. The second-order valence-corrected chi connectivity index (χ2v) is 6.37. The molecule has 18 heavy (non-hydrogen) atoms. The number of hydrogen-bond acceptors (Lipinski definition) is 2. The van der Waals surface area contributed by atoms with Gasteiger partial charge in [0.2, 0.25) is 0 Å². The lowest BCUT2D eigenvalue weighted by Gasteiger charge is -2.34. The Bertz CT molecular complexity index is 526. The van der Waals surface area contributed by atoms with Crippen LogP contribution in [0.15, 0.2) is 28.2 Å². The molecule has 4 heteroatoms. The van der Waals surface area contributed by atoms with Crippen LogP contribution in [0.2, 0.25) is 0 Å². The molecule has 1 N–H and O–H groups in total. The number of rotatable bonds is 1. The van der Waals surface area contributed by atoms with Gasteiger partial charge in [-0.3, -0.25) is 0 Å². The summed E-state index contributed by atoms with van der Waals surface area (Å²) in [5.74, 6) is -0.205. The summed E-state index contributed by atoms with van der Waals surface area (Å²) in [7, 11) is 0. The molecule has 0 saturated carbocycles. The summed E-state index contributed by atoms with van der Waals surface area (Å²) < 4.78 is 6.76. The van der Waals surface area contributed by atoms with E-state index in [9.17, 15) is 9.90 Å². The van der Waals surface area contributed by atoms with Gasteiger partial charge >= 0.3 is 5.97 Å². The van der Waals surface area contributed by atoms with Gasteiger partial charge in [-0.2, -0.15) is 0 Å². The number of fused-ring (bicyclic) bond motifs is 1. The van der Waals surface area contributed by atoms with Crippen molar-refractivity contribution in [3.63, 3.8) is 0 Å². The number of aliphatic carboxylic acids is 1. The number of benzene rings is 1. The Balaban J connectivity index is 2.53. The largest absolute Gasteiger partial charge is 0.484 e. The Kier molecular flexibility index (Phi) is 3.23. The molecule has 1 aliphatic heterocycles. The van der Waals surface area contributed by atoms with Crippen molar-refractivity contribution < 1.29 is 14.6 Å². The minimum atomic E-state index is -0.930. The van der Waals surface area contributed by atoms with E-state index in [1.807, 2.05) is 39.0 Å². The number of carboxylic acids is 1. The number of halogens is 1. The highest BCUT2D eigenvalue weighted by Gasteiger charge is 2.36. The van der Waals surface area contributed by atoms with Crippen molar-refractivity contribution in [2.45, 2.75) is 26.9 Å². The van der Waals surface area contributed by atoms with Crippen molar-refractivity contribution in [1.29, 1.82) is 0 Å². The Morgan fingerprint density at radius 1 is 1.39 bits per heavy atom. The minimum absolute atomic E-state index is 0.269. The Morgan fingerprint density at radius 2 is 2.06 bits per heavy atom. The predicted octanol–water partition coefficient (Wildman–Crippen LogP) is 3.72. The van der Waals surface area contributed by atoms with Gasteiger partial charge in [0.05, 0.1) is 5.57 Å². The fourth-order valence-electron chi connectivity index (χ4n) is 1.99. The first-order chi connectivity index (χ1) is 8.29. The van der Waals surface area contributed by atoms with E-state index in [-0.39, 0.29) is 5.41 Å². The van der Waals surface area contributed by atoms with E-state index in [1.165, 1.54) is 0 Å². The number of ether oxygens (including phenoxy) is 1. The highest BCUT2D eigenvalue weighted by molar-refractivity contribution is 9.10. The molecule has 1 aliphatic rings. The molecule has 0 aromatic heterocycles. The molecular weight excluding hydrogens is 296 g/mol. The zero-order valence-corrected chi connectivity index (χ0v) is 12.1. The highest BCUT2D eigenvalue weighted by atomic mass is 79.9. The van der Waals surface area contributed by atoms with E-state index in [4.69, 9.17) is 4.74 Å².